The summed E-state index contributed by atoms with van der Waals surface area (Å²) in [5.74, 6) is 0. The zero-order valence-corrected chi connectivity index (χ0v) is 7.88. The predicted molar refractivity (Wildman–Crippen MR) is 52.5 cm³/mol. The molecule has 1 unspecified atom stereocenters. The third-order valence-electron chi connectivity index (χ3n) is 2.75. The summed E-state index contributed by atoms with van der Waals surface area (Å²) in [6, 6.07) is 8.40. The molecule has 1 aromatic carbocycles. The molecule has 1 aliphatic rings. The van der Waals surface area contributed by atoms with Crippen molar-refractivity contribution in [3.05, 3.63) is 35.4 Å². The highest BCUT2D eigenvalue weighted by Crippen LogP contribution is 2.22. The number of rotatable bonds is 1. The zero-order chi connectivity index (χ0) is 9.31. The Kier molecular flexibility index (Phi) is 2.10. The third-order valence-corrected chi connectivity index (χ3v) is 2.75. The molecule has 0 saturated carbocycles. The second kappa shape index (κ2) is 3.13. The predicted octanol–water partition coefficient (Wildman–Crippen LogP) is 1.08. The first-order valence-corrected chi connectivity index (χ1v) is 4.66. The molecule has 0 radical (unpaired) electrons. The third kappa shape index (κ3) is 1.60. The molecule has 2 N–H and O–H groups in total. The van der Waals surface area contributed by atoms with Crippen LogP contribution >= 0.6 is 0 Å². The molecule has 2 heteroatoms. The minimum absolute atomic E-state index is 0.131. The smallest absolute Gasteiger partial charge is 0.0613 e. The van der Waals surface area contributed by atoms with Gasteiger partial charge in [0.15, 0.2) is 0 Å². The Bertz CT molecular complexity index is 311. The number of hydrogen-bond donors (Lipinski definition) is 2. The van der Waals surface area contributed by atoms with E-state index in [9.17, 15) is 5.11 Å². The molecule has 1 heterocycles. The summed E-state index contributed by atoms with van der Waals surface area (Å²) in [6.45, 7) is 3.12. The summed E-state index contributed by atoms with van der Waals surface area (Å²) in [6.07, 6.45) is 0.916. The first-order valence-electron chi connectivity index (χ1n) is 4.66. The van der Waals surface area contributed by atoms with Crippen LogP contribution in [0, 0.1) is 0 Å². The molecule has 0 spiro atoms. The largest absolute Gasteiger partial charge is 0.394 e. The minimum atomic E-state index is -0.131. The average molecular weight is 177 g/mol. The fourth-order valence-corrected chi connectivity index (χ4v) is 1.81. The molecule has 1 aromatic rings. The lowest BCUT2D eigenvalue weighted by molar-refractivity contribution is 0.166. The number of aliphatic hydroxyl groups excluding tert-OH is 1. The van der Waals surface area contributed by atoms with Crippen LogP contribution in [0.1, 0.15) is 18.1 Å². The second-order valence-corrected chi connectivity index (χ2v) is 4.02. The van der Waals surface area contributed by atoms with Gasteiger partial charge in [-0.3, -0.25) is 0 Å². The van der Waals surface area contributed by atoms with Crippen molar-refractivity contribution in [2.24, 2.45) is 0 Å². The molecule has 2 rings (SSSR count). The molecule has 1 aliphatic heterocycles. The molecule has 13 heavy (non-hydrogen) atoms. The molecular weight excluding hydrogens is 162 g/mol. The van der Waals surface area contributed by atoms with Gasteiger partial charge in [0.1, 0.15) is 0 Å². The molecule has 70 valence electrons. The van der Waals surface area contributed by atoms with Crippen molar-refractivity contribution in [1.29, 1.82) is 0 Å². The Morgan fingerprint density at radius 1 is 1.38 bits per heavy atom. The lowest BCUT2D eigenvalue weighted by atomic mass is 9.87. The zero-order valence-electron chi connectivity index (χ0n) is 7.88. The van der Waals surface area contributed by atoms with Crippen LogP contribution in [0.5, 0.6) is 0 Å². The Balaban J connectivity index is 2.29. The molecule has 0 aromatic heterocycles. The number of aliphatic hydroxyl groups is 1. The minimum Gasteiger partial charge on any atom is -0.394 e. The molecule has 0 saturated heterocycles. The van der Waals surface area contributed by atoms with Crippen molar-refractivity contribution in [3.8, 4) is 0 Å². The quantitative estimate of drug-likeness (QED) is 0.673. The number of benzene rings is 1. The van der Waals surface area contributed by atoms with Gasteiger partial charge in [0.05, 0.1) is 6.61 Å². The summed E-state index contributed by atoms with van der Waals surface area (Å²) in [4.78, 5) is 0. The van der Waals surface area contributed by atoms with Gasteiger partial charge < -0.3 is 10.4 Å². The van der Waals surface area contributed by atoms with Gasteiger partial charge >= 0.3 is 0 Å². The Labute approximate surface area is 78.6 Å². The van der Waals surface area contributed by atoms with Crippen LogP contribution in [0.15, 0.2) is 24.3 Å². The van der Waals surface area contributed by atoms with Crippen LogP contribution in [-0.2, 0) is 13.0 Å². The van der Waals surface area contributed by atoms with Crippen molar-refractivity contribution >= 4 is 0 Å². The van der Waals surface area contributed by atoms with Crippen LogP contribution in [-0.4, -0.2) is 17.3 Å². The van der Waals surface area contributed by atoms with Crippen LogP contribution in [0.25, 0.3) is 0 Å². The highest BCUT2D eigenvalue weighted by atomic mass is 16.3. The average Bonchev–Trinajstić information content (AvgIpc) is 2.18. The highest BCUT2D eigenvalue weighted by molar-refractivity contribution is 5.31. The highest BCUT2D eigenvalue weighted by Gasteiger charge is 2.27. The molecule has 0 aliphatic carbocycles. The Morgan fingerprint density at radius 2 is 2.08 bits per heavy atom. The summed E-state index contributed by atoms with van der Waals surface area (Å²) >= 11 is 0. The molecule has 2 nitrogen and oxygen atoms in total. The van der Waals surface area contributed by atoms with Gasteiger partial charge in [0, 0.05) is 12.1 Å². The van der Waals surface area contributed by atoms with Gasteiger partial charge in [0.25, 0.3) is 0 Å². The summed E-state index contributed by atoms with van der Waals surface area (Å²) in [5.41, 5.74) is 2.58. The van der Waals surface area contributed by atoms with E-state index < -0.39 is 0 Å². The van der Waals surface area contributed by atoms with Crippen LogP contribution < -0.4 is 5.32 Å². The monoisotopic (exact) mass is 177 g/mol. The van der Waals surface area contributed by atoms with Crippen molar-refractivity contribution < 1.29 is 5.11 Å². The van der Waals surface area contributed by atoms with Crippen molar-refractivity contribution in [1.82, 2.24) is 5.32 Å². The maximum Gasteiger partial charge on any atom is 0.0613 e. The van der Waals surface area contributed by atoms with E-state index in [4.69, 9.17) is 0 Å². The van der Waals surface area contributed by atoms with Gasteiger partial charge in [-0.25, -0.2) is 0 Å². The van der Waals surface area contributed by atoms with Crippen molar-refractivity contribution in [3.63, 3.8) is 0 Å². The second-order valence-electron chi connectivity index (χ2n) is 4.02. The van der Waals surface area contributed by atoms with Crippen molar-refractivity contribution in [2.45, 2.75) is 25.4 Å². The number of hydrogen-bond acceptors (Lipinski definition) is 2. The molecule has 0 fully saturated rings. The lowest BCUT2D eigenvalue weighted by Gasteiger charge is -2.34. The first-order chi connectivity index (χ1) is 6.23. The lowest BCUT2D eigenvalue weighted by Crippen LogP contribution is -2.50. The topological polar surface area (TPSA) is 32.3 Å². The van der Waals surface area contributed by atoms with E-state index in [1.807, 2.05) is 0 Å². The van der Waals surface area contributed by atoms with Gasteiger partial charge in [-0.15, -0.1) is 0 Å². The number of nitrogens with one attached hydrogen (secondary N) is 1. The maximum atomic E-state index is 9.21. The molecule has 0 amide bonds. The van der Waals surface area contributed by atoms with E-state index >= 15 is 0 Å². The van der Waals surface area contributed by atoms with Gasteiger partial charge in [-0.05, 0) is 24.5 Å². The fourth-order valence-electron chi connectivity index (χ4n) is 1.81. The van der Waals surface area contributed by atoms with Crippen LogP contribution in [0.3, 0.4) is 0 Å². The van der Waals surface area contributed by atoms with Gasteiger partial charge in [0.2, 0.25) is 0 Å². The van der Waals surface area contributed by atoms with Crippen LogP contribution in [0.4, 0.5) is 0 Å². The van der Waals surface area contributed by atoms with Gasteiger partial charge in [-0.2, -0.15) is 0 Å². The molecular formula is C11H15NO. The molecule has 1 atom stereocenters. The summed E-state index contributed by atoms with van der Waals surface area (Å²) < 4.78 is 0. The van der Waals surface area contributed by atoms with E-state index in [1.54, 1.807) is 0 Å². The van der Waals surface area contributed by atoms with Crippen LogP contribution in [0.2, 0.25) is 0 Å². The van der Waals surface area contributed by atoms with E-state index in [-0.39, 0.29) is 12.1 Å². The Hall–Kier alpha value is -0.860. The van der Waals surface area contributed by atoms with E-state index in [1.165, 1.54) is 11.1 Å². The normalized spacial score (nSPS) is 26.9. The molecule has 0 bridgehead atoms. The summed E-state index contributed by atoms with van der Waals surface area (Å²) in [5, 5.41) is 12.6. The maximum absolute atomic E-state index is 9.21. The van der Waals surface area contributed by atoms with Gasteiger partial charge in [-0.1, -0.05) is 24.3 Å². The standard InChI is InChI=1S/C11H15NO/c1-11(8-13)6-9-4-2-3-5-10(9)7-12-11/h2-5,12-13H,6-8H2,1H3. The van der Waals surface area contributed by atoms with E-state index in [0.717, 1.165) is 13.0 Å². The SMILES string of the molecule is CC1(CO)Cc2ccccc2CN1. The Morgan fingerprint density at radius 3 is 2.77 bits per heavy atom. The fraction of sp³-hybridized carbons (Fsp3) is 0.455. The van der Waals surface area contributed by atoms with Crippen molar-refractivity contribution in [2.75, 3.05) is 6.61 Å². The first kappa shape index (κ1) is 8.73. The summed E-state index contributed by atoms with van der Waals surface area (Å²) in [7, 11) is 0. The number of fused-ring (bicyclic) bond motifs is 1. The van der Waals surface area contributed by atoms with E-state index in [0.29, 0.717) is 0 Å². The van der Waals surface area contributed by atoms with E-state index in [2.05, 4.69) is 36.5 Å².